The lowest BCUT2D eigenvalue weighted by molar-refractivity contribution is 0.0944. The Kier molecular flexibility index (Phi) is 3.21. The fourth-order valence-electron chi connectivity index (χ4n) is 1.68. The second-order valence-corrected chi connectivity index (χ2v) is 5.49. The summed E-state index contributed by atoms with van der Waals surface area (Å²) in [5, 5.41) is 12.5. The second-order valence-electron chi connectivity index (χ2n) is 3.59. The number of aliphatic hydroxyl groups is 1. The van der Waals surface area contributed by atoms with E-state index < -0.39 is 10.6 Å². The van der Waals surface area contributed by atoms with Crippen LogP contribution in [0.3, 0.4) is 0 Å². The Balaban J connectivity index is 2.35. The molecule has 0 fully saturated rings. The van der Waals surface area contributed by atoms with E-state index in [1.807, 2.05) is 0 Å². The van der Waals surface area contributed by atoms with E-state index in [0.29, 0.717) is 16.0 Å². The van der Waals surface area contributed by atoms with Crippen molar-refractivity contribution >= 4 is 22.6 Å². The monoisotopic (exact) mass is 255 g/mol. The van der Waals surface area contributed by atoms with E-state index >= 15 is 0 Å². The number of fused-ring (bicyclic) bond motifs is 1. The minimum atomic E-state index is -2.89. The lowest BCUT2D eigenvalue weighted by atomic mass is 10.1. The van der Waals surface area contributed by atoms with Crippen molar-refractivity contribution in [2.75, 3.05) is 13.2 Å². The Labute approximate surface area is 100 Å². The third kappa shape index (κ3) is 2.20. The summed E-state index contributed by atoms with van der Waals surface area (Å²) in [6.07, 6.45) is 1.54. The fourth-order valence-corrected chi connectivity index (χ4v) is 2.93. The highest BCUT2D eigenvalue weighted by Gasteiger charge is 2.25. The third-order valence-corrected chi connectivity index (χ3v) is 3.98. The summed E-state index contributed by atoms with van der Waals surface area (Å²) in [7, 11) is -2.89. The van der Waals surface area contributed by atoms with Crippen LogP contribution in [0.25, 0.3) is 6.08 Å². The van der Waals surface area contributed by atoms with Gasteiger partial charge in [-0.15, -0.1) is 10.6 Å². The molecule has 0 radical (unpaired) electrons. The molecule has 0 saturated heterocycles. The number of hydrogen-bond acceptors (Lipinski definition) is 4. The summed E-state index contributed by atoms with van der Waals surface area (Å²) in [4.78, 5) is 12.1. The number of carbonyl (C=O) groups is 1. The average molecular weight is 255 g/mol. The van der Waals surface area contributed by atoms with Gasteiger partial charge < -0.3 is 10.4 Å². The molecule has 4 N–H and O–H groups in total. The Bertz CT molecular complexity index is 484. The molecule has 1 aliphatic heterocycles. The van der Waals surface area contributed by atoms with Crippen LogP contribution in [0.1, 0.15) is 15.9 Å². The van der Waals surface area contributed by atoms with E-state index in [9.17, 15) is 13.9 Å². The minimum absolute atomic E-state index is 0.133. The topological polar surface area (TPSA) is 89.8 Å². The first-order valence-corrected chi connectivity index (χ1v) is 6.65. The lowest BCUT2D eigenvalue weighted by Gasteiger charge is -2.25. The van der Waals surface area contributed by atoms with Crippen LogP contribution in [0.5, 0.6) is 0 Å². The zero-order valence-electron chi connectivity index (χ0n) is 8.96. The van der Waals surface area contributed by atoms with Crippen molar-refractivity contribution < 1.29 is 19.0 Å². The molecule has 0 bridgehead atoms. The van der Waals surface area contributed by atoms with E-state index in [1.165, 1.54) is 5.41 Å². The molecule has 2 rings (SSSR count). The molecule has 1 heterocycles. The Morgan fingerprint density at radius 1 is 1.35 bits per heavy atom. The largest absolute Gasteiger partial charge is 0.395 e. The highest BCUT2D eigenvalue weighted by Crippen LogP contribution is 2.56. The lowest BCUT2D eigenvalue weighted by Crippen LogP contribution is -2.27. The van der Waals surface area contributed by atoms with Gasteiger partial charge in [-0.3, -0.25) is 13.9 Å². The highest BCUT2D eigenvalue weighted by atomic mass is 32.3. The van der Waals surface area contributed by atoms with Crippen molar-refractivity contribution in [2.45, 2.75) is 4.90 Å². The first-order chi connectivity index (χ1) is 8.06. The molecule has 0 unspecified atom stereocenters. The number of nitrogens with one attached hydrogen (secondary N) is 1. The van der Waals surface area contributed by atoms with Crippen molar-refractivity contribution in [3.8, 4) is 0 Å². The van der Waals surface area contributed by atoms with Gasteiger partial charge in [0.2, 0.25) is 0 Å². The number of benzene rings is 1. The predicted octanol–water partition coefficient (Wildman–Crippen LogP) is 1.50. The maximum Gasteiger partial charge on any atom is 0.252 e. The second kappa shape index (κ2) is 4.50. The van der Waals surface area contributed by atoms with E-state index in [-0.39, 0.29) is 19.1 Å². The van der Waals surface area contributed by atoms with E-state index in [1.54, 1.807) is 24.3 Å². The van der Waals surface area contributed by atoms with Crippen molar-refractivity contribution in [2.24, 2.45) is 0 Å². The van der Waals surface area contributed by atoms with Crippen LogP contribution in [-0.2, 0) is 0 Å². The summed E-state index contributed by atoms with van der Waals surface area (Å²) in [6, 6.07) is 4.80. The van der Waals surface area contributed by atoms with Gasteiger partial charge in [-0.25, -0.2) is 0 Å². The van der Waals surface area contributed by atoms with Crippen LogP contribution in [0.15, 0.2) is 28.5 Å². The summed E-state index contributed by atoms with van der Waals surface area (Å²) in [5.41, 5.74) is 0.910. The van der Waals surface area contributed by atoms with Gasteiger partial charge in [-0.1, -0.05) is 6.07 Å². The van der Waals surface area contributed by atoms with Gasteiger partial charge in [0.05, 0.1) is 11.5 Å². The van der Waals surface area contributed by atoms with Crippen molar-refractivity contribution in [3.05, 3.63) is 34.7 Å². The standard InChI is InChI=1S/C11H13NO4S/c13-6-5-12-11(14)9-2-1-3-10-8(9)4-7-17(10,15)16/h1-4,7,13,15-16H,5-6H2,(H,12,14). The Morgan fingerprint density at radius 3 is 2.82 bits per heavy atom. The number of hydrogen-bond donors (Lipinski definition) is 4. The molecule has 0 saturated carbocycles. The van der Waals surface area contributed by atoms with Gasteiger partial charge in [0, 0.05) is 23.1 Å². The molecular formula is C11H13NO4S. The molecular weight excluding hydrogens is 242 g/mol. The van der Waals surface area contributed by atoms with Gasteiger partial charge in [-0.05, 0) is 18.2 Å². The summed E-state index contributed by atoms with van der Waals surface area (Å²) in [6.45, 7) is 0.0360. The molecule has 5 nitrogen and oxygen atoms in total. The molecule has 0 aliphatic carbocycles. The average Bonchev–Trinajstić information content (AvgIpc) is 2.62. The number of carbonyl (C=O) groups excluding carboxylic acids is 1. The van der Waals surface area contributed by atoms with Gasteiger partial charge >= 0.3 is 0 Å². The molecule has 0 spiro atoms. The number of rotatable bonds is 3. The predicted molar refractivity (Wildman–Crippen MR) is 66.0 cm³/mol. The Morgan fingerprint density at radius 2 is 2.12 bits per heavy atom. The van der Waals surface area contributed by atoms with Gasteiger partial charge in [0.15, 0.2) is 0 Å². The summed E-state index contributed by atoms with van der Waals surface area (Å²) in [5.74, 6) is -0.336. The maximum atomic E-state index is 11.8. The zero-order chi connectivity index (χ0) is 12.5. The molecule has 1 aliphatic rings. The van der Waals surface area contributed by atoms with Crippen LogP contribution in [-0.4, -0.2) is 33.3 Å². The van der Waals surface area contributed by atoms with Crippen LogP contribution >= 0.6 is 10.6 Å². The first kappa shape index (κ1) is 12.1. The molecule has 1 amide bonds. The maximum absolute atomic E-state index is 11.8. The highest BCUT2D eigenvalue weighted by molar-refractivity contribution is 8.27. The number of amides is 1. The van der Waals surface area contributed by atoms with Crippen molar-refractivity contribution in [1.29, 1.82) is 0 Å². The van der Waals surface area contributed by atoms with Gasteiger partial charge in [0.1, 0.15) is 0 Å². The summed E-state index contributed by atoms with van der Waals surface area (Å²) < 4.78 is 19.4. The molecule has 92 valence electrons. The van der Waals surface area contributed by atoms with Crippen molar-refractivity contribution in [3.63, 3.8) is 0 Å². The normalized spacial score (nSPS) is 17.6. The zero-order valence-corrected chi connectivity index (χ0v) is 9.78. The minimum Gasteiger partial charge on any atom is -0.395 e. The summed E-state index contributed by atoms with van der Waals surface area (Å²) >= 11 is 0. The smallest absolute Gasteiger partial charge is 0.252 e. The molecule has 0 atom stereocenters. The van der Waals surface area contributed by atoms with Crippen LogP contribution in [0.4, 0.5) is 0 Å². The number of aliphatic hydroxyl groups excluding tert-OH is 1. The first-order valence-electron chi connectivity index (χ1n) is 5.04. The van der Waals surface area contributed by atoms with E-state index in [4.69, 9.17) is 5.11 Å². The quantitative estimate of drug-likeness (QED) is 0.659. The van der Waals surface area contributed by atoms with E-state index in [2.05, 4.69) is 5.32 Å². The molecule has 1 aromatic rings. The molecule has 6 heteroatoms. The van der Waals surface area contributed by atoms with Crippen molar-refractivity contribution in [1.82, 2.24) is 5.32 Å². The molecule has 1 aromatic carbocycles. The van der Waals surface area contributed by atoms with Crippen LogP contribution in [0, 0.1) is 0 Å². The van der Waals surface area contributed by atoms with E-state index in [0.717, 1.165) is 0 Å². The van der Waals surface area contributed by atoms with Gasteiger partial charge in [0.25, 0.3) is 5.91 Å². The van der Waals surface area contributed by atoms with Crippen LogP contribution < -0.4 is 5.32 Å². The van der Waals surface area contributed by atoms with Crippen LogP contribution in [0.2, 0.25) is 0 Å². The van der Waals surface area contributed by atoms with Gasteiger partial charge in [-0.2, -0.15) is 0 Å². The fraction of sp³-hybridized carbons (Fsp3) is 0.182. The Hall–Kier alpha value is -1.34. The molecule has 17 heavy (non-hydrogen) atoms. The molecule has 0 aromatic heterocycles. The third-order valence-electron chi connectivity index (χ3n) is 2.46. The SMILES string of the molecule is O=C(NCCO)c1cccc2c1C=CS2(O)O.